The smallest absolute Gasteiger partial charge is 0.166 e. The number of hydrazine groups is 1. The molecule has 0 aliphatic carbocycles. The van der Waals surface area contributed by atoms with Gasteiger partial charge in [-0.2, -0.15) is 0 Å². The number of hydrogen-bond donors (Lipinski definition) is 1. The number of hydrogen-bond acceptors (Lipinski definition) is 3. The zero-order valence-electron chi connectivity index (χ0n) is 7.94. The second-order valence-corrected chi connectivity index (χ2v) is 5.79. The molecule has 0 unspecified atom stereocenters. The van der Waals surface area contributed by atoms with Gasteiger partial charge >= 0.3 is 0 Å². The maximum absolute atomic E-state index is 5.84. The van der Waals surface area contributed by atoms with Gasteiger partial charge in [0.2, 0.25) is 0 Å². The Morgan fingerprint density at radius 2 is 2.08 bits per heavy atom. The molecule has 1 rings (SSSR count). The van der Waals surface area contributed by atoms with Crippen molar-refractivity contribution in [1.29, 1.82) is 0 Å². The number of rotatable bonds is 5. The van der Waals surface area contributed by atoms with Gasteiger partial charge in [0, 0.05) is 6.17 Å². The molecule has 0 saturated heterocycles. The standard InChI is InChI=1S/C8H16N2OSi2/c1-12-11-13-7-10(9)8-5-3-2-4-6-8/h2-6H,7,9,12-13H2,1H3. The molecule has 0 fully saturated rings. The fourth-order valence-electron chi connectivity index (χ4n) is 1.06. The van der Waals surface area contributed by atoms with Crippen molar-refractivity contribution >= 4 is 25.2 Å². The molecule has 13 heavy (non-hydrogen) atoms. The van der Waals surface area contributed by atoms with E-state index in [9.17, 15) is 0 Å². The van der Waals surface area contributed by atoms with Crippen molar-refractivity contribution in [2.24, 2.45) is 5.84 Å². The van der Waals surface area contributed by atoms with Gasteiger partial charge in [0.05, 0.1) is 5.69 Å². The van der Waals surface area contributed by atoms with Crippen LogP contribution in [0.3, 0.4) is 0 Å². The molecule has 72 valence electrons. The lowest BCUT2D eigenvalue weighted by Crippen LogP contribution is -2.35. The van der Waals surface area contributed by atoms with Gasteiger partial charge in [-0.25, -0.2) is 5.84 Å². The minimum Gasteiger partial charge on any atom is -0.464 e. The van der Waals surface area contributed by atoms with Gasteiger partial charge in [-0.3, -0.25) is 0 Å². The molecule has 2 N–H and O–H groups in total. The third-order valence-electron chi connectivity index (χ3n) is 1.77. The van der Waals surface area contributed by atoms with Crippen LogP contribution in [0.15, 0.2) is 30.3 Å². The summed E-state index contributed by atoms with van der Waals surface area (Å²) in [7, 11) is -0.647. The SMILES string of the molecule is C[SiH2]O[SiH2]CN(N)c1ccccc1. The van der Waals surface area contributed by atoms with Gasteiger partial charge in [-0.1, -0.05) is 24.7 Å². The predicted molar refractivity (Wildman–Crippen MR) is 62.0 cm³/mol. The van der Waals surface area contributed by atoms with Gasteiger partial charge in [0.15, 0.2) is 9.76 Å². The van der Waals surface area contributed by atoms with Crippen molar-refractivity contribution in [3.63, 3.8) is 0 Å². The van der Waals surface area contributed by atoms with Crippen molar-refractivity contribution in [1.82, 2.24) is 0 Å². The molecule has 5 heteroatoms. The summed E-state index contributed by atoms with van der Waals surface area (Å²) in [6, 6.07) is 10.00. The first kappa shape index (κ1) is 10.5. The lowest BCUT2D eigenvalue weighted by molar-refractivity contribution is 0.639. The molecule has 0 heterocycles. The average Bonchev–Trinajstić information content (AvgIpc) is 2.19. The van der Waals surface area contributed by atoms with E-state index in [0.29, 0.717) is 0 Å². The Hall–Kier alpha value is -0.626. The van der Waals surface area contributed by atoms with Crippen LogP contribution >= 0.6 is 0 Å². The Labute approximate surface area is 83.7 Å². The molecule has 0 bridgehead atoms. The summed E-state index contributed by atoms with van der Waals surface area (Å²) in [4.78, 5) is 0. The van der Waals surface area contributed by atoms with Crippen LogP contribution in [-0.4, -0.2) is 25.7 Å². The Bertz CT molecular complexity index is 233. The lowest BCUT2D eigenvalue weighted by atomic mass is 10.3. The number of benzene rings is 1. The first-order chi connectivity index (χ1) is 6.34. The second kappa shape index (κ2) is 5.92. The maximum atomic E-state index is 5.84. The zero-order chi connectivity index (χ0) is 9.52. The van der Waals surface area contributed by atoms with Gasteiger partial charge in [-0.05, 0) is 12.1 Å². The van der Waals surface area contributed by atoms with Gasteiger partial charge in [0.25, 0.3) is 0 Å². The Morgan fingerprint density at radius 1 is 1.38 bits per heavy atom. The molecule has 1 aromatic carbocycles. The van der Waals surface area contributed by atoms with Gasteiger partial charge in [-0.15, -0.1) is 0 Å². The summed E-state index contributed by atoms with van der Waals surface area (Å²) in [5.74, 6) is 5.84. The molecule has 0 amide bonds. The van der Waals surface area contributed by atoms with Crippen molar-refractivity contribution in [2.75, 3.05) is 11.2 Å². The quantitative estimate of drug-likeness (QED) is 0.311. The predicted octanol–water partition coefficient (Wildman–Crippen LogP) is -0.444. The van der Waals surface area contributed by atoms with Gasteiger partial charge in [0.1, 0.15) is 9.76 Å². The molecular weight excluding hydrogens is 196 g/mol. The molecule has 0 radical (unpaired) electrons. The third kappa shape index (κ3) is 3.73. The normalized spacial score (nSPS) is 11.8. The highest BCUT2D eigenvalue weighted by Crippen LogP contribution is 2.07. The van der Waals surface area contributed by atoms with Crippen LogP contribution in [0.4, 0.5) is 5.69 Å². The molecule has 0 saturated carbocycles. The Balaban J connectivity index is 2.35. The number of para-hydroxylation sites is 1. The van der Waals surface area contributed by atoms with Crippen LogP contribution in [0.1, 0.15) is 0 Å². The van der Waals surface area contributed by atoms with Crippen LogP contribution in [-0.2, 0) is 4.12 Å². The molecule has 0 aliphatic heterocycles. The second-order valence-electron chi connectivity index (χ2n) is 2.73. The fraction of sp³-hybridized carbons (Fsp3) is 0.250. The van der Waals surface area contributed by atoms with Crippen LogP contribution < -0.4 is 10.9 Å². The maximum Gasteiger partial charge on any atom is 0.166 e. The molecule has 0 aliphatic rings. The van der Waals surface area contributed by atoms with Crippen LogP contribution in [0.5, 0.6) is 0 Å². The summed E-state index contributed by atoms with van der Waals surface area (Å²) in [6.07, 6.45) is 0.894. The topological polar surface area (TPSA) is 38.5 Å². The van der Waals surface area contributed by atoms with E-state index in [-0.39, 0.29) is 9.76 Å². The van der Waals surface area contributed by atoms with Crippen molar-refractivity contribution in [3.8, 4) is 0 Å². The monoisotopic (exact) mass is 212 g/mol. The van der Waals surface area contributed by atoms with E-state index in [4.69, 9.17) is 9.96 Å². The van der Waals surface area contributed by atoms with Crippen LogP contribution in [0, 0.1) is 0 Å². The van der Waals surface area contributed by atoms with Gasteiger partial charge < -0.3 is 9.12 Å². The van der Waals surface area contributed by atoms with Crippen molar-refractivity contribution in [2.45, 2.75) is 6.55 Å². The van der Waals surface area contributed by atoms with E-state index in [1.54, 1.807) is 5.01 Å². The van der Waals surface area contributed by atoms with Crippen LogP contribution in [0.2, 0.25) is 6.55 Å². The highest BCUT2D eigenvalue weighted by molar-refractivity contribution is 6.42. The molecule has 3 nitrogen and oxygen atoms in total. The number of nitrogens with zero attached hydrogens (tertiary/aromatic N) is 1. The first-order valence-electron chi connectivity index (χ1n) is 4.49. The van der Waals surface area contributed by atoms with Crippen LogP contribution in [0.25, 0.3) is 0 Å². The Morgan fingerprint density at radius 3 is 2.69 bits per heavy atom. The highest BCUT2D eigenvalue weighted by Gasteiger charge is 1.99. The summed E-state index contributed by atoms with van der Waals surface area (Å²) in [5.41, 5.74) is 1.07. The van der Waals surface area contributed by atoms with E-state index in [1.807, 2.05) is 30.3 Å². The fourth-order valence-corrected chi connectivity index (χ4v) is 3.18. The van der Waals surface area contributed by atoms with Crippen molar-refractivity contribution < 1.29 is 4.12 Å². The average molecular weight is 212 g/mol. The van der Waals surface area contributed by atoms with E-state index < -0.39 is 9.76 Å². The van der Waals surface area contributed by atoms with E-state index in [2.05, 4.69) is 6.55 Å². The molecule has 0 spiro atoms. The number of nitrogens with two attached hydrogens (primary N) is 1. The zero-order valence-corrected chi connectivity index (χ0v) is 10.8. The van der Waals surface area contributed by atoms with E-state index in [0.717, 1.165) is 11.9 Å². The van der Waals surface area contributed by atoms with Crippen molar-refractivity contribution in [3.05, 3.63) is 30.3 Å². The third-order valence-corrected chi connectivity index (χ3v) is 5.22. The molecule has 0 atom stereocenters. The highest BCUT2D eigenvalue weighted by atomic mass is 28.3. The summed E-state index contributed by atoms with van der Waals surface area (Å²) in [5, 5.41) is 1.77. The summed E-state index contributed by atoms with van der Waals surface area (Å²) >= 11 is 0. The van der Waals surface area contributed by atoms with E-state index in [1.165, 1.54) is 0 Å². The summed E-state index contributed by atoms with van der Waals surface area (Å²) < 4.78 is 5.48. The molecule has 1 aromatic rings. The summed E-state index contributed by atoms with van der Waals surface area (Å²) in [6.45, 7) is 2.15. The molecule has 0 aromatic heterocycles. The minimum absolute atomic E-state index is 0.229. The van der Waals surface area contributed by atoms with E-state index >= 15 is 0 Å². The molecular formula is C8H16N2OSi2. The minimum atomic E-state index is -0.417. The number of anilines is 1. The first-order valence-corrected chi connectivity index (χ1v) is 8.06. The Kier molecular flexibility index (Phi) is 4.76. The lowest BCUT2D eigenvalue weighted by Gasteiger charge is -2.17. The largest absolute Gasteiger partial charge is 0.464 e.